The molecule has 20 heavy (non-hydrogen) atoms. The van der Waals surface area contributed by atoms with Crippen LogP contribution in [0, 0.1) is 5.92 Å². The van der Waals surface area contributed by atoms with Crippen LogP contribution in [0.15, 0.2) is 30.3 Å². The third-order valence-corrected chi connectivity index (χ3v) is 4.21. The second-order valence-corrected chi connectivity index (χ2v) is 5.49. The monoisotopic (exact) mass is 277 g/mol. The molecule has 0 aliphatic heterocycles. The van der Waals surface area contributed by atoms with Crippen LogP contribution in [0.5, 0.6) is 0 Å². The highest BCUT2D eigenvalue weighted by Gasteiger charge is 2.39. The first-order valence-corrected chi connectivity index (χ1v) is 7.24. The quantitative estimate of drug-likeness (QED) is 0.803. The summed E-state index contributed by atoms with van der Waals surface area (Å²) < 4.78 is 5.75. The van der Waals surface area contributed by atoms with Gasteiger partial charge in [0.1, 0.15) is 0 Å². The Bertz CT molecular complexity index is 429. The van der Waals surface area contributed by atoms with Crippen molar-refractivity contribution in [1.82, 2.24) is 5.32 Å². The van der Waals surface area contributed by atoms with Crippen molar-refractivity contribution in [3.8, 4) is 0 Å². The van der Waals surface area contributed by atoms with E-state index < -0.39 is 11.5 Å². The maximum absolute atomic E-state index is 11.7. The van der Waals surface area contributed by atoms with Crippen LogP contribution < -0.4 is 5.32 Å². The van der Waals surface area contributed by atoms with Crippen molar-refractivity contribution in [2.24, 2.45) is 5.92 Å². The molecule has 1 atom stereocenters. The van der Waals surface area contributed by atoms with Crippen molar-refractivity contribution in [3.05, 3.63) is 35.9 Å². The van der Waals surface area contributed by atoms with Gasteiger partial charge in [-0.1, -0.05) is 43.2 Å². The largest absolute Gasteiger partial charge is 0.480 e. The molecule has 2 N–H and O–H groups in total. The van der Waals surface area contributed by atoms with E-state index in [1.165, 1.54) is 25.7 Å². The summed E-state index contributed by atoms with van der Waals surface area (Å²) in [6.45, 7) is 0.808. The fraction of sp³-hybridized carbons (Fsp3) is 0.562. The van der Waals surface area contributed by atoms with Gasteiger partial charge in [-0.3, -0.25) is 5.32 Å². The van der Waals surface area contributed by atoms with Crippen LogP contribution in [0.3, 0.4) is 0 Å². The topological polar surface area (TPSA) is 58.6 Å². The first kappa shape index (κ1) is 15.0. The SMILES string of the molecule is CNC(COCC1CCCC1)(C(=O)O)c1ccccc1. The van der Waals surface area contributed by atoms with Crippen LogP contribution in [-0.2, 0) is 15.1 Å². The zero-order chi connectivity index (χ0) is 14.4. The number of carbonyl (C=O) groups is 1. The van der Waals surface area contributed by atoms with Gasteiger partial charge in [-0.25, -0.2) is 4.79 Å². The number of likely N-dealkylation sites (N-methyl/N-ethyl adjacent to an activating group) is 1. The van der Waals surface area contributed by atoms with Crippen LogP contribution in [0.2, 0.25) is 0 Å². The molecule has 0 spiro atoms. The van der Waals surface area contributed by atoms with E-state index in [1.807, 2.05) is 30.3 Å². The number of rotatable bonds is 7. The Morgan fingerprint density at radius 3 is 2.55 bits per heavy atom. The lowest BCUT2D eigenvalue weighted by molar-refractivity contribution is -0.148. The van der Waals surface area contributed by atoms with E-state index in [4.69, 9.17) is 4.74 Å². The number of carboxylic acid groups (broad SMARTS) is 1. The lowest BCUT2D eigenvalue weighted by Gasteiger charge is -2.29. The van der Waals surface area contributed by atoms with E-state index in [1.54, 1.807) is 7.05 Å². The van der Waals surface area contributed by atoms with Gasteiger partial charge in [0.25, 0.3) is 0 Å². The van der Waals surface area contributed by atoms with Crippen molar-refractivity contribution in [3.63, 3.8) is 0 Å². The highest BCUT2D eigenvalue weighted by Crippen LogP contribution is 2.26. The van der Waals surface area contributed by atoms with Gasteiger partial charge < -0.3 is 9.84 Å². The molecule has 1 fully saturated rings. The number of hydrogen-bond acceptors (Lipinski definition) is 3. The third-order valence-electron chi connectivity index (χ3n) is 4.21. The number of nitrogens with one attached hydrogen (secondary N) is 1. The molecule has 0 bridgehead atoms. The average Bonchev–Trinajstić information content (AvgIpc) is 2.97. The fourth-order valence-electron chi connectivity index (χ4n) is 2.87. The second-order valence-electron chi connectivity index (χ2n) is 5.49. The Kier molecular flexibility index (Phi) is 5.15. The zero-order valence-corrected chi connectivity index (χ0v) is 12.0. The molecule has 4 heteroatoms. The number of benzene rings is 1. The number of hydrogen-bond donors (Lipinski definition) is 2. The predicted molar refractivity (Wildman–Crippen MR) is 77.6 cm³/mol. The lowest BCUT2D eigenvalue weighted by Crippen LogP contribution is -2.51. The van der Waals surface area contributed by atoms with Gasteiger partial charge in [0.15, 0.2) is 5.54 Å². The fourth-order valence-corrected chi connectivity index (χ4v) is 2.87. The smallest absolute Gasteiger partial charge is 0.330 e. The molecule has 110 valence electrons. The van der Waals surface area contributed by atoms with Gasteiger partial charge in [0.05, 0.1) is 6.61 Å². The maximum Gasteiger partial charge on any atom is 0.330 e. The van der Waals surface area contributed by atoms with Crippen molar-refractivity contribution in [2.75, 3.05) is 20.3 Å². The van der Waals surface area contributed by atoms with Crippen molar-refractivity contribution < 1.29 is 14.6 Å². The lowest BCUT2D eigenvalue weighted by atomic mass is 9.91. The van der Waals surface area contributed by atoms with Crippen LogP contribution in [-0.4, -0.2) is 31.3 Å². The highest BCUT2D eigenvalue weighted by atomic mass is 16.5. The van der Waals surface area contributed by atoms with Gasteiger partial charge in [0, 0.05) is 6.61 Å². The summed E-state index contributed by atoms with van der Waals surface area (Å²) in [7, 11) is 1.67. The van der Waals surface area contributed by atoms with Crippen LogP contribution in [0.1, 0.15) is 31.2 Å². The van der Waals surface area contributed by atoms with Gasteiger partial charge in [-0.15, -0.1) is 0 Å². The maximum atomic E-state index is 11.7. The van der Waals surface area contributed by atoms with E-state index in [0.717, 1.165) is 5.56 Å². The molecular weight excluding hydrogens is 254 g/mol. The van der Waals surface area contributed by atoms with Gasteiger partial charge in [-0.05, 0) is 31.4 Å². The second kappa shape index (κ2) is 6.86. The minimum atomic E-state index is -1.17. The van der Waals surface area contributed by atoms with Crippen LogP contribution in [0.25, 0.3) is 0 Å². The molecule has 1 aliphatic rings. The van der Waals surface area contributed by atoms with E-state index in [2.05, 4.69) is 5.32 Å². The number of carboxylic acids is 1. The van der Waals surface area contributed by atoms with Crippen LogP contribution >= 0.6 is 0 Å². The first-order valence-electron chi connectivity index (χ1n) is 7.24. The molecular formula is C16H23NO3. The number of ether oxygens (including phenoxy) is 1. The summed E-state index contributed by atoms with van der Waals surface area (Å²) in [5.74, 6) is -0.313. The van der Waals surface area contributed by atoms with E-state index in [-0.39, 0.29) is 6.61 Å². The van der Waals surface area contributed by atoms with E-state index in [0.29, 0.717) is 12.5 Å². The molecule has 1 aromatic carbocycles. The van der Waals surface area contributed by atoms with Gasteiger partial charge in [0.2, 0.25) is 0 Å². The Hall–Kier alpha value is -1.39. The summed E-state index contributed by atoms with van der Waals surface area (Å²) in [5.41, 5.74) is -0.443. The average molecular weight is 277 g/mol. The molecule has 0 heterocycles. The molecule has 1 aliphatic carbocycles. The van der Waals surface area contributed by atoms with Crippen molar-refractivity contribution in [2.45, 2.75) is 31.2 Å². The Labute approximate surface area is 120 Å². The van der Waals surface area contributed by atoms with Crippen LogP contribution in [0.4, 0.5) is 0 Å². The molecule has 0 saturated heterocycles. The molecule has 0 radical (unpaired) electrons. The van der Waals surface area contributed by atoms with E-state index >= 15 is 0 Å². The third kappa shape index (κ3) is 3.19. The molecule has 2 rings (SSSR count). The molecule has 1 saturated carbocycles. The molecule has 4 nitrogen and oxygen atoms in total. The summed E-state index contributed by atoms with van der Waals surface area (Å²) in [4.78, 5) is 11.7. The summed E-state index contributed by atoms with van der Waals surface area (Å²) in [6.07, 6.45) is 4.93. The standard InChI is InChI=1S/C16H23NO3/c1-17-16(15(18)19,14-9-3-2-4-10-14)12-20-11-13-7-5-6-8-13/h2-4,9-10,13,17H,5-8,11-12H2,1H3,(H,18,19). The van der Waals surface area contributed by atoms with Gasteiger partial charge in [-0.2, -0.15) is 0 Å². The highest BCUT2D eigenvalue weighted by molar-refractivity contribution is 5.81. The Morgan fingerprint density at radius 1 is 1.35 bits per heavy atom. The summed E-state index contributed by atoms with van der Waals surface area (Å²) >= 11 is 0. The molecule has 1 aromatic rings. The minimum Gasteiger partial charge on any atom is -0.480 e. The first-order chi connectivity index (χ1) is 9.69. The molecule has 0 aromatic heterocycles. The van der Waals surface area contributed by atoms with Crippen molar-refractivity contribution in [1.29, 1.82) is 0 Å². The number of aliphatic carboxylic acids is 1. The minimum absolute atomic E-state index is 0.152. The predicted octanol–water partition coefficient (Wildman–Crippen LogP) is 2.39. The Morgan fingerprint density at radius 2 is 2.00 bits per heavy atom. The van der Waals surface area contributed by atoms with Crippen molar-refractivity contribution >= 4 is 5.97 Å². The zero-order valence-electron chi connectivity index (χ0n) is 12.0. The summed E-state index contributed by atoms with van der Waals surface area (Å²) in [6, 6.07) is 9.22. The Balaban J connectivity index is 2.05. The molecule has 1 unspecified atom stereocenters. The van der Waals surface area contributed by atoms with E-state index in [9.17, 15) is 9.90 Å². The normalized spacial score (nSPS) is 18.9. The molecule has 0 amide bonds. The van der Waals surface area contributed by atoms with Gasteiger partial charge >= 0.3 is 5.97 Å². The summed E-state index contributed by atoms with van der Waals surface area (Å²) in [5, 5.41) is 12.6.